The molecule has 1 fully saturated rings. The van der Waals surface area contributed by atoms with Gasteiger partial charge in [0.1, 0.15) is 5.82 Å². The molecule has 2 rings (SSSR count). The Morgan fingerprint density at radius 3 is 2.84 bits per heavy atom. The van der Waals surface area contributed by atoms with Crippen LogP contribution in [0, 0.1) is 11.7 Å². The molecule has 3 nitrogen and oxygen atoms in total. The zero-order chi connectivity index (χ0) is 13.7. The van der Waals surface area contributed by atoms with Crippen LogP contribution in [0.4, 0.5) is 4.39 Å². The monoisotopic (exact) mass is 262 g/mol. The highest BCUT2D eigenvalue weighted by molar-refractivity contribution is 5.91. The maximum atomic E-state index is 12.7. The lowest BCUT2D eigenvalue weighted by Gasteiger charge is -2.31. The van der Waals surface area contributed by atoms with Crippen molar-refractivity contribution >= 4 is 12.0 Å². The molecule has 1 heterocycles. The third-order valence-electron chi connectivity index (χ3n) is 3.45. The van der Waals surface area contributed by atoms with E-state index in [1.807, 2.05) is 4.90 Å². The molecule has 1 aromatic rings. The third-order valence-corrected chi connectivity index (χ3v) is 3.45. The van der Waals surface area contributed by atoms with E-state index in [0.717, 1.165) is 31.5 Å². The summed E-state index contributed by atoms with van der Waals surface area (Å²) in [5.74, 6) is 0.143. The molecule has 0 spiro atoms. The molecule has 1 aromatic carbocycles. The summed E-state index contributed by atoms with van der Waals surface area (Å²) in [5, 5.41) is 0. The van der Waals surface area contributed by atoms with Crippen molar-refractivity contribution < 1.29 is 9.18 Å². The van der Waals surface area contributed by atoms with Crippen LogP contribution in [0.25, 0.3) is 6.08 Å². The van der Waals surface area contributed by atoms with E-state index < -0.39 is 0 Å². The van der Waals surface area contributed by atoms with Crippen LogP contribution in [0.3, 0.4) is 0 Å². The Morgan fingerprint density at radius 1 is 1.42 bits per heavy atom. The van der Waals surface area contributed by atoms with Gasteiger partial charge < -0.3 is 10.6 Å². The summed E-state index contributed by atoms with van der Waals surface area (Å²) in [5.41, 5.74) is 6.47. The first kappa shape index (κ1) is 13.7. The smallest absolute Gasteiger partial charge is 0.246 e. The predicted molar refractivity (Wildman–Crippen MR) is 73.8 cm³/mol. The molecule has 0 aromatic heterocycles. The zero-order valence-corrected chi connectivity index (χ0v) is 10.9. The molecule has 4 heteroatoms. The molecule has 1 amide bonds. The topological polar surface area (TPSA) is 46.3 Å². The highest BCUT2D eigenvalue weighted by Crippen LogP contribution is 2.15. The number of likely N-dealkylation sites (tertiary alicyclic amines) is 1. The summed E-state index contributed by atoms with van der Waals surface area (Å²) in [7, 11) is 0. The lowest BCUT2D eigenvalue weighted by Crippen LogP contribution is -2.41. The Kier molecular flexibility index (Phi) is 4.68. The van der Waals surface area contributed by atoms with Gasteiger partial charge in [-0.15, -0.1) is 0 Å². The summed E-state index contributed by atoms with van der Waals surface area (Å²) in [6, 6.07) is 6.07. The lowest BCUT2D eigenvalue weighted by atomic mass is 9.98. The van der Waals surface area contributed by atoms with Gasteiger partial charge in [-0.05, 0) is 49.1 Å². The molecule has 0 aliphatic carbocycles. The molecule has 19 heavy (non-hydrogen) atoms. The largest absolute Gasteiger partial charge is 0.339 e. The van der Waals surface area contributed by atoms with E-state index in [1.54, 1.807) is 24.3 Å². The Labute approximate surface area is 112 Å². The minimum Gasteiger partial charge on any atom is -0.339 e. The minimum absolute atomic E-state index is 0.00229. The van der Waals surface area contributed by atoms with Crippen LogP contribution < -0.4 is 5.73 Å². The molecule has 1 unspecified atom stereocenters. The SMILES string of the molecule is NCC1CCCN(C(=O)C=Cc2ccc(F)cc2)C1. The fourth-order valence-corrected chi connectivity index (χ4v) is 2.30. The summed E-state index contributed by atoms with van der Waals surface area (Å²) in [6.45, 7) is 2.16. The van der Waals surface area contributed by atoms with Crippen molar-refractivity contribution in [3.63, 3.8) is 0 Å². The number of halogens is 1. The quantitative estimate of drug-likeness (QED) is 0.847. The number of nitrogens with zero attached hydrogens (tertiary/aromatic N) is 1. The van der Waals surface area contributed by atoms with Gasteiger partial charge in [0.05, 0.1) is 0 Å². The van der Waals surface area contributed by atoms with Crippen molar-refractivity contribution in [3.05, 3.63) is 41.7 Å². The zero-order valence-electron chi connectivity index (χ0n) is 10.9. The first-order valence-electron chi connectivity index (χ1n) is 6.61. The van der Waals surface area contributed by atoms with E-state index in [2.05, 4.69) is 0 Å². The number of carbonyl (C=O) groups excluding carboxylic acids is 1. The van der Waals surface area contributed by atoms with Gasteiger partial charge in [0.2, 0.25) is 5.91 Å². The Hall–Kier alpha value is -1.68. The van der Waals surface area contributed by atoms with Crippen molar-refractivity contribution in [2.75, 3.05) is 19.6 Å². The molecule has 102 valence electrons. The number of rotatable bonds is 3. The van der Waals surface area contributed by atoms with Crippen LogP contribution >= 0.6 is 0 Å². The maximum Gasteiger partial charge on any atom is 0.246 e. The van der Waals surface area contributed by atoms with E-state index in [-0.39, 0.29) is 11.7 Å². The number of hydrogen-bond donors (Lipinski definition) is 1. The fourth-order valence-electron chi connectivity index (χ4n) is 2.30. The highest BCUT2D eigenvalue weighted by atomic mass is 19.1. The Bertz CT molecular complexity index is 456. The molecule has 1 saturated heterocycles. The van der Waals surface area contributed by atoms with E-state index >= 15 is 0 Å². The maximum absolute atomic E-state index is 12.7. The van der Waals surface area contributed by atoms with Gasteiger partial charge in [-0.1, -0.05) is 12.1 Å². The second kappa shape index (κ2) is 6.48. The van der Waals surface area contributed by atoms with E-state index in [1.165, 1.54) is 12.1 Å². The van der Waals surface area contributed by atoms with E-state index in [9.17, 15) is 9.18 Å². The number of piperidine rings is 1. The van der Waals surface area contributed by atoms with Crippen LogP contribution in [-0.4, -0.2) is 30.4 Å². The van der Waals surface area contributed by atoms with Crippen LogP contribution in [0.5, 0.6) is 0 Å². The van der Waals surface area contributed by atoms with Gasteiger partial charge in [-0.2, -0.15) is 0 Å². The lowest BCUT2D eigenvalue weighted by molar-refractivity contribution is -0.127. The van der Waals surface area contributed by atoms with Gasteiger partial charge in [0, 0.05) is 19.2 Å². The van der Waals surface area contributed by atoms with E-state index in [4.69, 9.17) is 5.73 Å². The molecule has 0 radical (unpaired) electrons. The summed E-state index contributed by atoms with van der Waals surface area (Å²) in [4.78, 5) is 13.9. The number of benzene rings is 1. The fraction of sp³-hybridized carbons (Fsp3) is 0.400. The van der Waals surface area contributed by atoms with Crippen LogP contribution in [0.2, 0.25) is 0 Å². The number of carbonyl (C=O) groups is 1. The van der Waals surface area contributed by atoms with E-state index in [0.29, 0.717) is 12.5 Å². The molecule has 0 bridgehead atoms. The summed E-state index contributed by atoms with van der Waals surface area (Å²) >= 11 is 0. The second-order valence-electron chi connectivity index (χ2n) is 4.91. The van der Waals surface area contributed by atoms with Crippen molar-refractivity contribution in [1.82, 2.24) is 4.90 Å². The minimum atomic E-state index is -0.273. The molecular weight excluding hydrogens is 243 g/mol. The Balaban J connectivity index is 1.94. The van der Waals surface area contributed by atoms with Crippen molar-refractivity contribution in [1.29, 1.82) is 0 Å². The average Bonchev–Trinajstić information content (AvgIpc) is 2.46. The van der Waals surface area contributed by atoms with Gasteiger partial charge in [-0.25, -0.2) is 4.39 Å². The van der Waals surface area contributed by atoms with Crippen molar-refractivity contribution in [2.45, 2.75) is 12.8 Å². The van der Waals surface area contributed by atoms with Crippen LogP contribution in [-0.2, 0) is 4.79 Å². The summed E-state index contributed by atoms with van der Waals surface area (Å²) in [6.07, 6.45) is 5.37. The standard InChI is InChI=1S/C15H19FN2O/c16-14-6-3-12(4-7-14)5-8-15(19)18-9-1-2-13(10-17)11-18/h3-8,13H,1-2,9-11,17H2. The molecule has 1 aliphatic rings. The second-order valence-corrected chi connectivity index (χ2v) is 4.91. The predicted octanol–water partition coefficient (Wildman–Crippen LogP) is 2.04. The molecule has 1 atom stereocenters. The highest BCUT2D eigenvalue weighted by Gasteiger charge is 2.20. The van der Waals surface area contributed by atoms with Crippen LogP contribution in [0.1, 0.15) is 18.4 Å². The average molecular weight is 262 g/mol. The molecule has 1 aliphatic heterocycles. The summed E-state index contributed by atoms with van der Waals surface area (Å²) < 4.78 is 12.7. The van der Waals surface area contributed by atoms with Gasteiger partial charge in [0.15, 0.2) is 0 Å². The van der Waals surface area contributed by atoms with Gasteiger partial charge in [-0.3, -0.25) is 4.79 Å². The molecule has 0 saturated carbocycles. The first-order chi connectivity index (χ1) is 9.19. The number of hydrogen-bond acceptors (Lipinski definition) is 2. The van der Waals surface area contributed by atoms with Gasteiger partial charge >= 0.3 is 0 Å². The van der Waals surface area contributed by atoms with Gasteiger partial charge in [0.25, 0.3) is 0 Å². The van der Waals surface area contributed by atoms with Crippen molar-refractivity contribution in [3.8, 4) is 0 Å². The molecular formula is C15H19FN2O. The van der Waals surface area contributed by atoms with Crippen molar-refractivity contribution in [2.24, 2.45) is 11.7 Å². The normalized spacial score (nSPS) is 19.9. The Morgan fingerprint density at radius 2 is 2.16 bits per heavy atom. The third kappa shape index (κ3) is 3.89. The molecule has 2 N–H and O–H groups in total. The number of amides is 1. The first-order valence-corrected chi connectivity index (χ1v) is 6.61. The number of nitrogens with two attached hydrogens (primary N) is 1. The van der Waals surface area contributed by atoms with Crippen LogP contribution in [0.15, 0.2) is 30.3 Å².